The molecule has 1 aliphatic heterocycles. The third kappa shape index (κ3) is 2.45. The van der Waals surface area contributed by atoms with E-state index in [0.717, 1.165) is 41.0 Å². The van der Waals surface area contributed by atoms with Gasteiger partial charge in [-0.2, -0.15) is 0 Å². The van der Waals surface area contributed by atoms with E-state index in [0.29, 0.717) is 0 Å². The van der Waals surface area contributed by atoms with E-state index in [9.17, 15) is 0 Å². The first-order valence-corrected chi connectivity index (χ1v) is 6.84. The Hall–Kier alpha value is -2.48. The monoisotopic (exact) mass is 262 g/mol. The van der Waals surface area contributed by atoms with Gasteiger partial charge in [0.05, 0.1) is 0 Å². The molecular formula is C18H18N2. The predicted molar refractivity (Wildman–Crippen MR) is 86.5 cm³/mol. The van der Waals surface area contributed by atoms with Crippen LogP contribution in [0.1, 0.15) is 12.0 Å². The minimum atomic E-state index is 0.791. The van der Waals surface area contributed by atoms with Crippen molar-refractivity contribution in [1.29, 1.82) is 0 Å². The first-order chi connectivity index (χ1) is 9.74. The van der Waals surface area contributed by atoms with Gasteiger partial charge in [-0.15, -0.1) is 0 Å². The highest BCUT2D eigenvalue weighted by atomic mass is 14.9. The fraction of sp³-hybridized carbons (Fsp3) is 0.111. The lowest BCUT2D eigenvalue weighted by Gasteiger charge is -2.17. The third-order valence-corrected chi connectivity index (χ3v) is 3.55. The second-order valence-corrected chi connectivity index (χ2v) is 5.05. The summed E-state index contributed by atoms with van der Waals surface area (Å²) < 4.78 is 0. The molecule has 2 aromatic rings. The Bertz CT molecular complexity index is 669. The number of hydrogen-bond donors (Lipinski definition) is 2. The normalized spacial score (nSPS) is 15.7. The second-order valence-electron chi connectivity index (χ2n) is 5.05. The van der Waals surface area contributed by atoms with Crippen molar-refractivity contribution in [2.24, 2.45) is 0 Å². The molecule has 0 spiro atoms. The molecule has 0 aliphatic carbocycles. The minimum Gasteiger partial charge on any atom is -0.398 e. The average molecular weight is 262 g/mol. The van der Waals surface area contributed by atoms with E-state index in [2.05, 4.69) is 36.2 Å². The Morgan fingerprint density at radius 2 is 1.90 bits per heavy atom. The fourth-order valence-electron chi connectivity index (χ4n) is 2.53. The fourth-order valence-corrected chi connectivity index (χ4v) is 2.53. The first-order valence-electron chi connectivity index (χ1n) is 6.84. The van der Waals surface area contributed by atoms with Crippen LogP contribution in [0.15, 0.2) is 66.9 Å². The molecule has 100 valence electrons. The molecule has 0 bridgehead atoms. The molecule has 0 unspecified atom stereocenters. The van der Waals surface area contributed by atoms with E-state index in [4.69, 9.17) is 5.73 Å². The summed E-state index contributed by atoms with van der Waals surface area (Å²) >= 11 is 0. The number of benzene rings is 2. The maximum Gasteiger partial charge on any atom is 0.0437 e. The molecule has 0 saturated carbocycles. The third-order valence-electron chi connectivity index (χ3n) is 3.55. The summed E-state index contributed by atoms with van der Waals surface area (Å²) in [5.41, 5.74) is 12.5. The van der Waals surface area contributed by atoms with Gasteiger partial charge in [0.1, 0.15) is 0 Å². The molecule has 2 nitrogen and oxygen atoms in total. The summed E-state index contributed by atoms with van der Waals surface area (Å²) in [4.78, 5) is 0. The van der Waals surface area contributed by atoms with E-state index < -0.39 is 0 Å². The van der Waals surface area contributed by atoms with Crippen molar-refractivity contribution in [2.75, 3.05) is 11.1 Å². The van der Waals surface area contributed by atoms with E-state index in [-0.39, 0.29) is 0 Å². The SMILES string of the molecule is C=C1/C=C\CCc2cc(-c3ccccc3)c(N)cc2N1. The number of fused-ring (bicyclic) bond motifs is 1. The largest absolute Gasteiger partial charge is 0.398 e. The Morgan fingerprint density at radius 3 is 2.70 bits per heavy atom. The zero-order valence-corrected chi connectivity index (χ0v) is 11.4. The molecule has 3 rings (SSSR count). The summed E-state index contributed by atoms with van der Waals surface area (Å²) in [7, 11) is 0. The van der Waals surface area contributed by atoms with Crippen molar-refractivity contribution in [1.82, 2.24) is 0 Å². The van der Waals surface area contributed by atoms with Crippen LogP contribution in [0, 0.1) is 0 Å². The number of rotatable bonds is 1. The molecule has 3 N–H and O–H groups in total. The first kappa shape index (κ1) is 12.5. The molecule has 2 aromatic carbocycles. The quantitative estimate of drug-likeness (QED) is 0.749. The van der Waals surface area contributed by atoms with Crippen molar-refractivity contribution >= 4 is 11.4 Å². The molecule has 1 aliphatic rings. The van der Waals surface area contributed by atoms with Crippen LogP contribution < -0.4 is 11.1 Å². The lowest BCUT2D eigenvalue weighted by molar-refractivity contribution is 0.995. The summed E-state index contributed by atoms with van der Waals surface area (Å²) in [6.45, 7) is 3.99. The van der Waals surface area contributed by atoms with Crippen LogP contribution in [0.2, 0.25) is 0 Å². The van der Waals surface area contributed by atoms with Crippen molar-refractivity contribution < 1.29 is 0 Å². The number of anilines is 2. The van der Waals surface area contributed by atoms with Gasteiger partial charge in [-0.25, -0.2) is 0 Å². The van der Waals surface area contributed by atoms with E-state index in [1.807, 2.05) is 30.3 Å². The molecule has 0 atom stereocenters. The Labute approximate surface area is 119 Å². The molecule has 0 aromatic heterocycles. The topological polar surface area (TPSA) is 38.0 Å². The standard InChI is InChI=1S/C18H18N2/c1-13-7-5-6-10-15-11-16(14-8-3-2-4-9-14)17(19)12-18(15)20-13/h2-5,7-9,11-12,20H,1,6,10,19H2/b7-5-. The molecule has 1 heterocycles. The van der Waals surface area contributed by atoms with Gasteiger partial charge in [-0.1, -0.05) is 43.0 Å². The molecule has 20 heavy (non-hydrogen) atoms. The van der Waals surface area contributed by atoms with Crippen molar-refractivity contribution in [3.63, 3.8) is 0 Å². The van der Waals surface area contributed by atoms with Crippen LogP contribution in [0.5, 0.6) is 0 Å². The molecule has 2 heteroatoms. The van der Waals surface area contributed by atoms with Gasteiger partial charge in [0.2, 0.25) is 0 Å². The molecule has 0 amide bonds. The number of nitrogens with one attached hydrogen (secondary N) is 1. The van der Waals surface area contributed by atoms with Crippen LogP contribution in [-0.2, 0) is 6.42 Å². The van der Waals surface area contributed by atoms with Crippen LogP contribution in [-0.4, -0.2) is 0 Å². The van der Waals surface area contributed by atoms with Gasteiger partial charge in [0.15, 0.2) is 0 Å². The van der Waals surface area contributed by atoms with Gasteiger partial charge in [0.25, 0.3) is 0 Å². The number of nitrogens with two attached hydrogens (primary N) is 1. The Balaban J connectivity index is 2.08. The number of allylic oxidation sites excluding steroid dienone is 2. The predicted octanol–water partition coefficient (Wildman–Crippen LogP) is 4.36. The van der Waals surface area contributed by atoms with Crippen LogP contribution in [0.25, 0.3) is 11.1 Å². The minimum absolute atomic E-state index is 0.791. The summed E-state index contributed by atoms with van der Waals surface area (Å²) in [5, 5.41) is 3.32. The smallest absolute Gasteiger partial charge is 0.0437 e. The Morgan fingerprint density at radius 1 is 1.10 bits per heavy atom. The van der Waals surface area contributed by atoms with Gasteiger partial charge in [-0.3, -0.25) is 0 Å². The van der Waals surface area contributed by atoms with Crippen molar-refractivity contribution in [3.05, 3.63) is 72.5 Å². The van der Waals surface area contributed by atoms with Crippen LogP contribution in [0.3, 0.4) is 0 Å². The zero-order chi connectivity index (χ0) is 13.9. The highest BCUT2D eigenvalue weighted by Gasteiger charge is 2.11. The van der Waals surface area contributed by atoms with E-state index in [1.165, 1.54) is 5.56 Å². The second kappa shape index (κ2) is 5.25. The van der Waals surface area contributed by atoms with Gasteiger partial charge in [-0.05, 0) is 42.2 Å². The molecule has 0 radical (unpaired) electrons. The zero-order valence-electron chi connectivity index (χ0n) is 11.4. The molecule has 0 saturated heterocycles. The number of hydrogen-bond acceptors (Lipinski definition) is 2. The summed E-state index contributed by atoms with van der Waals surface area (Å²) in [5.74, 6) is 0. The molecule has 0 fully saturated rings. The maximum absolute atomic E-state index is 6.22. The lowest BCUT2D eigenvalue weighted by atomic mass is 9.96. The van der Waals surface area contributed by atoms with E-state index in [1.54, 1.807) is 0 Å². The van der Waals surface area contributed by atoms with E-state index >= 15 is 0 Å². The summed E-state index contributed by atoms with van der Waals surface area (Å²) in [6, 6.07) is 14.5. The average Bonchev–Trinajstić information content (AvgIpc) is 2.44. The van der Waals surface area contributed by atoms with Gasteiger partial charge in [0, 0.05) is 22.6 Å². The summed E-state index contributed by atoms with van der Waals surface area (Å²) in [6.07, 6.45) is 6.19. The van der Waals surface area contributed by atoms with Crippen LogP contribution >= 0.6 is 0 Å². The number of nitrogen functional groups attached to an aromatic ring is 1. The highest BCUT2D eigenvalue weighted by Crippen LogP contribution is 2.33. The van der Waals surface area contributed by atoms with Crippen LogP contribution in [0.4, 0.5) is 11.4 Å². The maximum atomic E-state index is 6.22. The van der Waals surface area contributed by atoms with Crippen molar-refractivity contribution in [2.45, 2.75) is 12.8 Å². The Kier molecular flexibility index (Phi) is 3.30. The highest BCUT2D eigenvalue weighted by molar-refractivity contribution is 5.81. The van der Waals surface area contributed by atoms with Crippen molar-refractivity contribution in [3.8, 4) is 11.1 Å². The molecular weight excluding hydrogens is 244 g/mol. The van der Waals surface area contributed by atoms with Gasteiger partial charge < -0.3 is 11.1 Å². The number of aryl methyl sites for hydroxylation is 1. The van der Waals surface area contributed by atoms with Gasteiger partial charge >= 0.3 is 0 Å². The lowest BCUT2D eigenvalue weighted by Crippen LogP contribution is -2.04.